The highest BCUT2D eigenvalue weighted by Crippen LogP contribution is 2.44. The smallest absolute Gasteiger partial charge is 0.264 e. The number of thioether (sulfide) groups is 1. The monoisotopic (exact) mass is 431 g/mol. The van der Waals surface area contributed by atoms with E-state index >= 15 is 0 Å². The van der Waals surface area contributed by atoms with Gasteiger partial charge < -0.3 is 14.4 Å². The second-order valence-corrected chi connectivity index (χ2v) is 8.43. The summed E-state index contributed by atoms with van der Waals surface area (Å²) in [6.07, 6.45) is 0. The van der Waals surface area contributed by atoms with Crippen molar-refractivity contribution in [3.8, 4) is 11.5 Å². The third kappa shape index (κ3) is 3.65. The lowest BCUT2D eigenvalue weighted by Gasteiger charge is -2.41. The Kier molecular flexibility index (Phi) is 5.70. The Hall–Kier alpha value is -2.59. The lowest BCUT2D eigenvalue weighted by atomic mass is 9.98. The molecule has 0 N–H and O–H groups in total. The van der Waals surface area contributed by atoms with Crippen LogP contribution in [0.5, 0.6) is 11.5 Å². The van der Waals surface area contributed by atoms with Gasteiger partial charge in [0.05, 0.1) is 20.3 Å². The van der Waals surface area contributed by atoms with E-state index in [-0.39, 0.29) is 17.9 Å². The molecule has 0 radical (unpaired) electrons. The van der Waals surface area contributed by atoms with Gasteiger partial charge in [-0.2, -0.15) is 4.68 Å². The Bertz CT molecular complexity index is 970. The molecule has 30 heavy (non-hydrogen) atoms. The number of amides is 1. The molecule has 0 bridgehead atoms. The fraction of sp³-hybridized carbons (Fsp3) is 0.500. The molecule has 2 aliphatic heterocycles. The van der Waals surface area contributed by atoms with Gasteiger partial charge in [-0.1, -0.05) is 11.8 Å². The molecule has 1 fully saturated rings. The maximum Gasteiger partial charge on any atom is 0.264 e. The maximum atomic E-state index is 13.3. The molecule has 2 aliphatic rings. The van der Waals surface area contributed by atoms with Crippen molar-refractivity contribution in [2.75, 3.05) is 40.4 Å². The van der Waals surface area contributed by atoms with E-state index in [0.29, 0.717) is 48.7 Å². The summed E-state index contributed by atoms with van der Waals surface area (Å²) in [5.41, 5.74) is 0.876. The van der Waals surface area contributed by atoms with E-state index in [2.05, 4.69) is 15.0 Å². The number of carbonyl (C=O) groups is 2. The average Bonchev–Trinajstić information content (AvgIpc) is 3.25. The molecule has 0 aliphatic carbocycles. The van der Waals surface area contributed by atoms with E-state index < -0.39 is 5.25 Å². The summed E-state index contributed by atoms with van der Waals surface area (Å²) in [7, 11) is 3.24. The zero-order chi connectivity index (χ0) is 21.4. The van der Waals surface area contributed by atoms with Gasteiger partial charge in [0.2, 0.25) is 5.91 Å². The molecular weight excluding hydrogens is 406 g/mol. The van der Waals surface area contributed by atoms with E-state index in [9.17, 15) is 9.59 Å². The minimum absolute atomic E-state index is 0.0660. The van der Waals surface area contributed by atoms with Gasteiger partial charge in [0.25, 0.3) is 5.91 Å². The van der Waals surface area contributed by atoms with Crippen LogP contribution >= 0.6 is 11.8 Å². The zero-order valence-corrected chi connectivity index (χ0v) is 18.3. The van der Waals surface area contributed by atoms with Crippen molar-refractivity contribution in [3.63, 3.8) is 0 Å². The van der Waals surface area contributed by atoms with Crippen LogP contribution in [-0.2, 0) is 4.79 Å². The molecule has 2 atom stereocenters. The fourth-order valence-electron chi connectivity index (χ4n) is 4.04. The molecule has 0 saturated carbocycles. The van der Waals surface area contributed by atoms with Gasteiger partial charge in [-0.15, -0.1) is 5.10 Å². The predicted octanol–water partition coefficient (Wildman–Crippen LogP) is 1.62. The number of piperazine rings is 1. The van der Waals surface area contributed by atoms with Crippen LogP contribution in [0.2, 0.25) is 0 Å². The minimum atomic E-state index is -0.425. The second-order valence-electron chi connectivity index (χ2n) is 7.32. The van der Waals surface area contributed by atoms with E-state index in [4.69, 9.17) is 9.47 Å². The molecule has 2 unspecified atom stereocenters. The molecule has 4 rings (SSSR count). The minimum Gasteiger partial charge on any atom is -0.497 e. The highest BCUT2D eigenvalue weighted by atomic mass is 32.2. The molecule has 160 valence electrons. The Labute approximate surface area is 179 Å². The van der Waals surface area contributed by atoms with Crippen molar-refractivity contribution in [2.24, 2.45) is 0 Å². The lowest BCUT2D eigenvalue weighted by molar-refractivity contribution is -0.130. The van der Waals surface area contributed by atoms with Gasteiger partial charge in [-0.25, -0.2) is 4.98 Å². The van der Waals surface area contributed by atoms with Crippen LogP contribution in [0.15, 0.2) is 23.4 Å². The first kappa shape index (κ1) is 20.7. The van der Waals surface area contributed by atoms with Crippen LogP contribution < -0.4 is 9.47 Å². The third-order valence-corrected chi connectivity index (χ3v) is 6.75. The topological polar surface area (TPSA) is 89.8 Å². The Morgan fingerprint density at radius 3 is 2.53 bits per heavy atom. The maximum absolute atomic E-state index is 13.3. The molecular formula is C20H25N5O4S. The number of benzene rings is 1. The molecule has 9 nitrogen and oxygen atoms in total. The van der Waals surface area contributed by atoms with Crippen LogP contribution in [0.25, 0.3) is 0 Å². The number of nitrogens with zero attached hydrogens (tertiary/aromatic N) is 5. The van der Waals surface area contributed by atoms with Gasteiger partial charge in [0.1, 0.15) is 22.6 Å². The molecule has 1 aromatic heterocycles. The van der Waals surface area contributed by atoms with Crippen molar-refractivity contribution < 1.29 is 19.1 Å². The number of fused-ring (bicyclic) bond motifs is 1. The molecule has 1 saturated heterocycles. The predicted molar refractivity (Wildman–Crippen MR) is 111 cm³/mol. The number of methoxy groups -OCH3 is 2. The Morgan fingerprint density at radius 1 is 1.20 bits per heavy atom. The molecule has 10 heteroatoms. The fourth-order valence-corrected chi connectivity index (χ4v) is 5.33. The van der Waals surface area contributed by atoms with Crippen molar-refractivity contribution in [3.05, 3.63) is 29.6 Å². The summed E-state index contributed by atoms with van der Waals surface area (Å²) in [6.45, 7) is 5.91. The first-order valence-electron chi connectivity index (χ1n) is 9.79. The van der Waals surface area contributed by atoms with Crippen LogP contribution in [0.4, 0.5) is 0 Å². The SMILES string of the molecule is COc1ccc(OC)c(C(C2Sc3nc(C)nn3C2=O)N2CCN(C(C)=O)CC2)c1. The van der Waals surface area contributed by atoms with Crippen LogP contribution in [0.3, 0.4) is 0 Å². The first-order valence-corrected chi connectivity index (χ1v) is 10.7. The standard InChI is InChI=1S/C20H25N5O4S/c1-12-21-20-25(22-12)19(27)18(30-20)17(24-9-7-23(8-10-24)13(2)26)15-11-14(28-3)5-6-16(15)29-4/h5-6,11,17-18H,7-10H2,1-4H3. The summed E-state index contributed by atoms with van der Waals surface area (Å²) >= 11 is 1.42. The highest BCUT2D eigenvalue weighted by molar-refractivity contribution is 8.00. The summed E-state index contributed by atoms with van der Waals surface area (Å²) in [5.74, 6) is 1.93. The van der Waals surface area contributed by atoms with E-state index in [0.717, 1.165) is 5.56 Å². The Morgan fingerprint density at radius 2 is 1.93 bits per heavy atom. The molecule has 1 aromatic carbocycles. The van der Waals surface area contributed by atoms with Crippen molar-refractivity contribution in [2.45, 2.75) is 30.3 Å². The van der Waals surface area contributed by atoms with Crippen molar-refractivity contribution in [1.82, 2.24) is 24.6 Å². The quantitative estimate of drug-likeness (QED) is 0.706. The van der Waals surface area contributed by atoms with Crippen LogP contribution in [0, 0.1) is 6.92 Å². The second kappa shape index (κ2) is 8.27. The highest BCUT2D eigenvalue weighted by Gasteiger charge is 2.44. The molecule has 0 spiro atoms. The van der Waals surface area contributed by atoms with Gasteiger partial charge in [0, 0.05) is 38.7 Å². The van der Waals surface area contributed by atoms with E-state index in [1.165, 1.54) is 16.4 Å². The first-order chi connectivity index (χ1) is 14.4. The average molecular weight is 432 g/mol. The third-order valence-electron chi connectivity index (χ3n) is 5.56. The number of carbonyl (C=O) groups excluding carboxylic acids is 2. The zero-order valence-electron chi connectivity index (χ0n) is 17.5. The molecule has 1 amide bonds. The summed E-state index contributed by atoms with van der Waals surface area (Å²) < 4.78 is 12.5. The lowest BCUT2D eigenvalue weighted by Crippen LogP contribution is -2.51. The number of rotatable bonds is 5. The Balaban J connectivity index is 1.72. The largest absolute Gasteiger partial charge is 0.497 e. The number of hydrogen-bond donors (Lipinski definition) is 0. The number of ether oxygens (including phenoxy) is 2. The number of aryl methyl sites for hydroxylation is 1. The normalized spacial score (nSPS) is 20.2. The summed E-state index contributed by atoms with van der Waals surface area (Å²) in [4.78, 5) is 33.5. The van der Waals surface area contributed by atoms with Crippen LogP contribution in [-0.4, -0.2) is 82.0 Å². The van der Waals surface area contributed by atoms with Crippen LogP contribution in [0.1, 0.15) is 29.1 Å². The summed E-state index contributed by atoms with van der Waals surface area (Å²) in [6, 6.07) is 5.35. The van der Waals surface area contributed by atoms with E-state index in [1.54, 1.807) is 28.1 Å². The molecule has 2 aromatic rings. The summed E-state index contributed by atoms with van der Waals surface area (Å²) in [5, 5.41) is 4.45. The number of hydrogen-bond acceptors (Lipinski definition) is 8. The number of aromatic nitrogens is 3. The van der Waals surface area contributed by atoms with Gasteiger partial charge >= 0.3 is 0 Å². The van der Waals surface area contributed by atoms with E-state index in [1.807, 2.05) is 23.1 Å². The molecule has 3 heterocycles. The van der Waals surface area contributed by atoms with Crippen molar-refractivity contribution in [1.29, 1.82) is 0 Å². The van der Waals surface area contributed by atoms with Gasteiger partial charge in [-0.3, -0.25) is 14.5 Å². The van der Waals surface area contributed by atoms with Gasteiger partial charge in [0.15, 0.2) is 5.16 Å². The van der Waals surface area contributed by atoms with Crippen molar-refractivity contribution >= 4 is 23.6 Å². The van der Waals surface area contributed by atoms with Gasteiger partial charge in [-0.05, 0) is 25.1 Å².